The minimum Gasteiger partial charge on any atom is -0.256 e. The van der Waals surface area contributed by atoms with Gasteiger partial charge in [-0.15, -0.1) is 0 Å². The van der Waals surface area contributed by atoms with E-state index in [1.165, 1.54) is 0 Å². The fourth-order valence-corrected chi connectivity index (χ4v) is 1.30. The maximum atomic E-state index is 5.84. The van der Waals surface area contributed by atoms with Crippen LogP contribution in [-0.2, 0) is 0 Å². The van der Waals surface area contributed by atoms with Gasteiger partial charge in [-0.3, -0.25) is 4.98 Å². The molecule has 1 aromatic heterocycles. The van der Waals surface area contributed by atoms with Gasteiger partial charge in [0.2, 0.25) is 0 Å². The third-order valence-corrected chi connectivity index (χ3v) is 1.93. The first-order chi connectivity index (χ1) is 6.36. The third kappa shape index (κ3) is 1.87. The van der Waals surface area contributed by atoms with E-state index in [-0.39, 0.29) is 0 Å². The maximum absolute atomic E-state index is 5.84. The van der Waals surface area contributed by atoms with Gasteiger partial charge < -0.3 is 0 Å². The van der Waals surface area contributed by atoms with Crippen molar-refractivity contribution in [3.63, 3.8) is 0 Å². The second-order valence-electron chi connectivity index (χ2n) is 2.65. The lowest BCUT2D eigenvalue weighted by Gasteiger charge is -1.99. The lowest BCUT2D eigenvalue weighted by atomic mass is 10.1. The summed E-state index contributed by atoms with van der Waals surface area (Å²) >= 11 is 5.84. The predicted octanol–water partition coefficient (Wildman–Crippen LogP) is 3.20. The molecule has 1 heterocycles. The van der Waals surface area contributed by atoms with Crippen LogP contribution in [0.4, 0.5) is 0 Å². The summed E-state index contributed by atoms with van der Waals surface area (Å²) < 4.78 is 0. The zero-order valence-electron chi connectivity index (χ0n) is 6.87. The molecule has 2 heteroatoms. The fourth-order valence-electron chi connectivity index (χ4n) is 1.12. The molecule has 0 aliphatic rings. The number of rotatable bonds is 1. The third-order valence-electron chi connectivity index (χ3n) is 1.71. The average Bonchev–Trinajstić information content (AvgIpc) is 2.19. The molecule has 1 aromatic carbocycles. The topological polar surface area (TPSA) is 12.9 Å². The van der Waals surface area contributed by atoms with Crippen LogP contribution < -0.4 is 0 Å². The summed E-state index contributed by atoms with van der Waals surface area (Å²) in [4.78, 5) is 4.21. The van der Waals surface area contributed by atoms with Gasteiger partial charge in [-0.05, 0) is 36.4 Å². The lowest BCUT2D eigenvalue weighted by Crippen LogP contribution is -1.80. The van der Waals surface area contributed by atoms with Crippen molar-refractivity contribution in [2.75, 3.05) is 0 Å². The molecule has 0 aliphatic carbocycles. The van der Waals surface area contributed by atoms with Crippen LogP contribution in [0.3, 0.4) is 0 Å². The summed E-state index contributed by atoms with van der Waals surface area (Å²) in [5, 5.41) is 0.683. The Labute approximate surface area is 82.0 Å². The molecule has 1 radical (unpaired) electrons. The van der Waals surface area contributed by atoms with E-state index in [4.69, 9.17) is 11.6 Å². The van der Waals surface area contributed by atoms with Crippen molar-refractivity contribution in [3.8, 4) is 11.3 Å². The highest BCUT2D eigenvalue weighted by Gasteiger charge is 1.97. The molecule has 0 amide bonds. The van der Waals surface area contributed by atoms with Gasteiger partial charge >= 0.3 is 0 Å². The van der Waals surface area contributed by atoms with Crippen molar-refractivity contribution in [3.05, 3.63) is 53.7 Å². The molecule has 0 N–H and O–H groups in total. The Morgan fingerprint density at radius 1 is 1.23 bits per heavy atom. The monoisotopic (exact) mass is 188 g/mol. The Morgan fingerprint density at radius 2 is 2.15 bits per heavy atom. The van der Waals surface area contributed by atoms with E-state index in [9.17, 15) is 0 Å². The number of aromatic nitrogens is 1. The molecule has 0 saturated heterocycles. The molecule has 63 valence electrons. The van der Waals surface area contributed by atoms with Gasteiger partial charge in [0.1, 0.15) is 0 Å². The van der Waals surface area contributed by atoms with Crippen LogP contribution in [0.1, 0.15) is 0 Å². The smallest absolute Gasteiger partial charge is 0.0702 e. The van der Waals surface area contributed by atoms with Crippen LogP contribution in [0.25, 0.3) is 11.3 Å². The van der Waals surface area contributed by atoms with E-state index < -0.39 is 0 Å². The van der Waals surface area contributed by atoms with Crippen molar-refractivity contribution < 1.29 is 0 Å². The van der Waals surface area contributed by atoms with E-state index in [2.05, 4.69) is 11.1 Å². The minimum absolute atomic E-state index is 0.683. The summed E-state index contributed by atoms with van der Waals surface area (Å²) in [5.41, 5.74) is 1.91. The highest BCUT2D eigenvalue weighted by molar-refractivity contribution is 6.30. The van der Waals surface area contributed by atoms with Crippen LogP contribution in [-0.4, -0.2) is 4.98 Å². The van der Waals surface area contributed by atoms with Gasteiger partial charge in [0, 0.05) is 16.8 Å². The van der Waals surface area contributed by atoms with Crippen molar-refractivity contribution in [1.29, 1.82) is 0 Å². The molecule has 0 saturated carbocycles. The van der Waals surface area contributed by atoms with Crippen molar-refractivity contribution in [2.24, 2.45) is 0 Å². The van der Waals surface area contributed by atoms with Gasteiger partial charge in [0.05, 0.1) is 5.69 Å². The fraction of sp³-hybridized carbons (Fsp3) is 0. The number of hydrogen-bond acceptors (Lipinski definition) is 1. The van der Waals surface area contributed by atoms with E-state index in [0.717, 1.165) is 11.3 Å². The summed E-state index contributed by atoms with van der Waals surface area (Å²) in [6.07, 6.45) is 1.76. The normalized spacial score (nSPS) is 9.92. The van der Waals surface area contributed by atoms with Gasteiger partial charge in [0.25, 0.3) is 0 Å². The summed E-state index contributed by atoms with van der Waals surface area (Å²) in [7, 11) is 0. The Balaban J connectivity index is 2.48. The number of nitrogens with zero attached hydrogens (tertiary/aromatic N) is 1. The standard InChI is InChI=1S/C11H7ClN/c12-10-5-3-4-9(8-10)11-6-1-2-7-13-11/h1-2,4-8H. The first kappa shape index (κ1) is 8.27. The maximum Gasteiger partial charge on any atom is 0.0702 e. The second kappa shape index (κ2) is 3.58. The number of halogens is 1. The van der Waals surface area contributed by atoms with Crippen LogP contribution in [0, 0.1) is 6.07 Å². The summed E-state index contributed by atoms with van der Waals surface area (Å²) in [6.45, 7) is 0. The Hall–Kier alpha value is -1.34. The quantitative estimate of drug-likeness (QED) is 0.670. The molecule has 1 nitrogen and oxygen atoms in total. The van der Waals surface area contributed by atoms with Crippen molar-refractivity contribution in [2.45, 2.75) is 0 Å². The Morgan fingerprint density at radius 3 is 2.85 bits per heavy atom. The van der Waals surface area contributed by atoms with Gasteiger partial charge in [-0.25, -0.2) is 0 Å². The largest absolute Gasteiger partial charge is 0.256 e. The Bertz CT molecular complexity index is 398. The number of pyridine rings is 1. The zero-order chi connectivity index (χ0) is 9.10. The van der Waals surface area contributed by atoms with Gasteiger partial charge in [-0.1, -0.05) is 17.7 Å². The van der Waals surface area contributed by atoms with E-state index >= 15 is 0 Å². The van der Waals surface area contributed by atoms with Crippen molar-refractivity contribution in [1.82, 2.24) is 4.98 Å². The molecule has 0 fully saturated rings. The molecular formula is C11H7ClN. The highest BCUT2D eigenvalue weighted by Crippen LogP contribution is 2.19. The zero-order valence-corrected chi connectivity index (χ0v) is 7.62. The van der Waals surface area contributed by atoms with E-state index in [0.29, 0.717) is 5.02 Å². The SMILES string of the molecule is Clc1c[c]cc(-c2ccccn2)c1. The van der Waals surface area contributed by atoms with E-state index in [1.807, 2.05) is 30.3 Å². The molecule has 0 atom stereocenters. The van der Waals surface area contributed by atoms with Crippen LogP contribution >= 0.6 is 11.6 Å². The summed E-state index contributed by atoms with van der Waals surface area (Å²) in [5.74, 6) is 0. The Kier molecular flexibility index (Phi) is 2.28. The van der Waals surface area contributed by atoms with Crippen LogP contribution in [0.5, 0.6) is 0 Å². The average molecular weight is 189 g/mol. The molecular weight excluding hydrogens is 182 g/mol. The molecule has 0 aliphatic heterocycles. The van der Waals surface area contributed by atoms with Crippen LogP contribution in [0.15, 0.2) is 42.6 Å². The molecule has 13 heavy (non-hydrogen) atoms. The molecule has 2 rings (SSSR count). The molecule has 0 bridgehead atoms. The molecule has 0 unspecified atom stereocenters. The highest BCUT2D eigenvalue weighted by atomic mass is 35.5. The first-order valence-corrected chi connectivity index (χ1v) is 4.32. The van der Waals surface area contributed by atoms with E-state index in [1.54, 1.807) is 12.3 Å². The molecule has 2 aromatic rings. The summed E-state index contributed by atoms with van der Waals surface area (Å²) in [6, 6.07) is 14.2. The number of hydrogen-bond donors (Lipinski definition) is 0. The predicted molar refractivity (Wildman–Crippen MR) is 53.5 cm³/mol. The van der Waals surface area contributed by atoms with Crippen molar-refractivity contribution >= 4 is 11.6 Å². The number of benzene rings is 1. The van der Waals surface area contributed by atoms with Crippen LogP contribution in [0.2, 0.25) is 5.02 Å². The lowest BCUT2D eigenvalue weighted by molar-refractivity contribution is 1.33. The first-order valence-electron chi connectivity index (χ1n) is 3.94. The van der Waals surface area contributed by atoms with Gasteiger partial charge in [-0.2, -0.15) is 0 Å². The molecule has 0 spiro atoms. The minimum atomic E-state index is 0.683. The second-order valence-corrected chi connectivity index (χ2v) is 3.09. The van der Waals surface area contributed by atoms with Gasteiger partial charge in [0.15, 0.2) is 0 Å².